The fourth-order valence-corrected chi connectivity index (χ4v) is 3.63. The van der Waals surface area contributed by atoms with Crippen LogP contribution in [0.2, 0.25) is 10.0 Å². The molecule has 0 radical (unpaired) electrons. The maximum absolute atomic E-state index is 12.7. The second-order valence-corrected chi connectivity index (χ2v) is 6.45. The van der Waals surface area contributed by atoms with Gasteiger partial charge in [-0.3, -0.25) is 4.79 Å². The van der Waals surface area contributed by atoms with E-state index in [-0.39, 0.29) is 11.9 Å². The molecule has 2 unspecified atom stereocenters. The number of hydrogen-bond acceptors (Lipinski definition) is 2. The fraction of sp³-hybridized carbons (Fsp3) is 0.429. The molecule has 1 aliphatic carbocycles. The first-order chi connectivity index (χ1) is 9.41. The molecule has 0 bridgehead atoms. The van der Waals surface area contributed by atoms with Crippen molar-refractivity contribution < 1.29 is 9.59 Å². The molecule has 4 nitrogen and oxygen atoms in total. The minimum atomic E-state index is -0.539. The number of amides is 3. The molecular formula is C14H14Cl2N2O2. The van der Waals surface area contributed by atoms with E-state index < -0.39 is 11.4 Å². The summed E-state index contributed by atoms with van der Waals surface area (Å²) in [7, 11) is 0. The molecule has 1 aliphatic heterocycles. The van der Waals surface area contributed by atoms with Gasteiger partial charge >= 0.3 is 6.03 Å². The lowest BCUT2D eigenvalue weighted by atomic mass is 9.81. The van der Waals surface area contributed by atoms with Crippen LogP contribution in [0.15, 0.2) is 18.2 Å². The Bertz CT molecular complexity index is 585. The van der Waals surface area contributed by atoms with Crippen molar-refractivity contribution in [2.45, 2.75) is 32.2 Å². The molecule has 1 saturated heterocycles. The summed E-state index contributed by atoms with van der Waals surface area (Å²) in [5.74, 6) is -0.179. The molecule has 1 aromatic carbocycles. The Kier molecular flexibility index (Phi) is 3.18. The number of nitrogens with zero attached hydrogens (tertiary/aromatic N) is 1. The lowest BCUT2D eigenvalue weighted by Crippen LogP contribution is -2.63. The zero-order valence-electron chi connectivity index (χ0n) is 11.0. The minimum absolute atomic E-state index is 0.0755. The van der Waals surface area contributed by atoms with E-state index in [1.807, 2.05) is 6.92 Å². The van der Waals surface area contributed by atoms with Crippen LogP contribution in [0.5, 0.6) is 0 Å². The molecule has 1 heterocycles. The molecular weight excluding hydrogens is 299 g/mol. The van der Waals surface area contributed by atoms with Gasteiger partial charge in [0.1, 0.15) is 0 Å². The van der Waals surface area contributed by atoms with Crippen LogP contribution in [0.3, 0.4) is 0 Å². The van der Waals surface area contributed by atoms with Gasteiger partial charge in [0, 0.05) is 16.1 Å². The van der Waals surface area contributed by atoms with Gasteiger partial charge in [-0.2, -0.15) is 0 Å². The molecule has 2 aliphatic rings. The second-order valence-electron chi connectivity index (χ2n) is 5.58. The zero-order valence-corrected chi connectivity index (χ0v) is 12.5. The summed E-state index contributed by atoms with van der Waals surface area (Å²) in [5.41, 5.74) is -0.125. The Hall–Kier alpha value is -1.26. The van der Waals surface area contributed by atoms with E-state index in [1.54, 1.807) is 18.2 Å². The molecule has 2 atom stereocenters. The lowest BCUT2D eigenvalue weighted by Gasteiger charge is -2.40. The normalized spacial score (nSPS) is 29.4. The van der Waals surface area contributed by atoms with Crippen molar-refractivity contribution in [2.24, 2.45) is 5.41 Å². The van der Waals surface area contributed by atoms with E-state index >= 15 is 0 Å². The molecule has 106 valence electrons. The van der Waals surface area contributed by atoms with Crippen LogP contribution >= 0.6 is 23.2 Å². The number of hydrogen-bond donors (Lipinski definition) is 1. The number of fused-ring (bicyclic) bond motifs is 1. The maximum Gasteiger partial charge on any atom is 0.329 e. The van der Waals surface area contributed by atoms with E-state index in [1.165, 1.54) is 0 Å². The Morgan fingerprint density at radius 3 is 2.55 bits per heavy atom. The Morgan fingerprint density at radius 2 is 1.90 bits per heavy atom. The van der Waals surface area contributed by atoms with Crippen LogP contribution in [0, 0.1) is 5.41 Å². The number of benzene rings is 1. The maximum atomic E-state index is 12.7. The Morgan fingerprint density at radius 1 is 1.25 bits per heavy atom. The number of carbonyl (C=O) groups is 2. The van der Waals surface area contributed by atoms with E-state index in [0.29, 0.717) is 15.7 Å². The lowest BCUT2D eigenvalue weighted by molar-refractivity contribution is -0.128. The molecule has 1 saturated carbocycles. The summed E-state index contributed by atoms with van der Waals surface area (Å²) in [6.07, 6.45) is 2.57. The fourth-order valence-electron chi connectivity index (χ4n) is 3.12. The summed E-state index contributed by atoms with van der Waals surface area (Å²) in [5, 5.41) is 3.71. The van der Waals surface area contributed by atoms with E-state index in [2.05, 4.69) is 5.32 Å². The van der Waals surface area contributed by atoms with E-state index in [9.17, 15) is 9.59 Å². The number of rotatable bonds is 1. The Balaban J connectivity index is 2.04. The number of halogens is 2. The minimum Gasteiger partial charge on any atom is -0.334 e. The summed E-state index contributed by atoms with van der Waals surface area (Å²) in [4.78, 5) is 26.1. The van der Waals surface area contributed by atoms with Crippen LogP contribution in [-0.2, 0) is 4.79 Å². The molecule has 20 heavy (non-hydrogen) atoms. The van der Waals surface area contributed by atoms with Gasteiger partial charge in [0.25, 0.3) is 0 Å². The first kappa shape index (κ1) is 13.7. The van der Waals surface area contributed by atoms with Gasteiger partial charge in [-0.05, 0) is 38.0 Å². The summed E-state index contributed by atoms with van der Waals surface area (Å²) < 4.78 is 0. The first-order valence-electron chi connectivity index (χ1n) is 6.53. The highest BCUT2D eigenvalue weighted by Gasteiger charge is 2.53. The molecule has 1 aromatic rings. The summed E-state index contributed by atoms with van der Waals surface area (Å²) in [6.45, 7) is 1.91. The largest absolute Gasteiger partial charge is 0.334 e. The average Bonchev–Trinajstić information content (AvgIpc) is 2.71. The highest BCUT2D eigenvalue weighted by molar-refractivity contribution is 6.35. The number of imide groups is 1. The van der Waals surface area contributed by atoms with Crippen molar-refractivity contribution in [2.75, 3.05) is 4.90 Å². The van der Waals surface area contributed by atoms with Crippen molar-refractivity contribution >= 4 is 40.8 Å². The standard InChI is InChI=1S/C14H14Cl2N2O2/c1-14-4-2-3-11(14)17-13(20)18(12(14)19)10-6-8(15)5-9(16)7-10/h5-7,11H,2-4H2,1H3,(H,17,20). The summed E-state index contributed by atoms with van der Waals surface area (Å²) >= 11 is 11.9. The van der Waals surface area contributed by atoms with Crippen molar-refractivity contribution in [1.29, 1.82) is 0 Å². The SMILES string of the molecule is CC12CCCC1NC(=O)N(c1cc(Cl)cc(Cl)c1)C2=O. The molecule has 6 heteroatoms. The monoisotopic (exact) mass is 312 g/mol. The van der Waals surface area contributed by atoms with Gasteiger partial charge in [-0.25, -0.2) is 9.69 Å². The van der Waals surface area contributed by atoms with Crippen LogP contribution in [0.1, 0.15) is 26.2 Å². The van der Waals surface area contributed by atoms with Gasteiger partial charge in [0.2, 0.25) is 5.91 Å². The van der Waals surface area contributed by atoms with Gasteiger partial charge in [-0.1, -0.05) is 29.6 Å². The third kappa shape index (κ3) is 1.98. The predicted molar refractivity (Wildman–Crippen MR) is 78.2 cm³/mol. The van der Waals surface area contributed by atoms with Crippen LogP contribution in [0.25, 0.3) is 0 Å². The number of urea groups is 1. The second kappa shape index (κ2) is 4.64. The highest BCUT2D eigenvalue weighted by Crippen LogP contribution is 2.43. The highest BCUT2D eigenvalue weighted by atomic mass is 35.5. The topological polar surface area (TPSA) is 49.4 Å². The Labute approximate surface area is 127 Å². The van der Waals surface area contributed by atoms with Crippen molar-refractivity contribution in [1.82, 2.24) is 5.32 Å². The number of carbonyl (C=O) groups excluding carboxylic acids is 2. The molecule has 0 spiro atoms. The molecule has 3 amide bonds. The third-order valence-corrected chi connectivity index (χ3v) is 4.69. The van der Waals surface area contributed by atoms with E-state index in [4.69, 9.17) is 23.2 Å². The quantitative estimate of drug-likeness (QED) is 0.861. The molecule has 1 N–H and O–H groups in total. The molecule has 2 fully saturated rings. The van der Waals surface area contributed by atoms with Crippen molar-refractivity contribution in [3.8, 4) is 0 Å². The average molecular weight is 313 g/mol. The summed E-state index contributed by atoms with van der Waals surface area (Å²) in [6, 6.07) is 4.23. The molecule has 0 aromatic heterocycles. The van der Waals surface area contributed by atoms with Crippen molar-refractivity contribution in [3.05, 3.63) is 28.2 Å². The van der Waals surface area contributed by atoms with Gasteiger partial charge in [-0.15, -0.1) is 0 Å². The smallest absolute Gasteiger partial charge is 0.329 e. The third-order valence-electron chi connectivity index (χ3n) is 4.26. The number of nitrogens with one attached hydrogen (secondary N) is 1. The van der Waals surface area contributed by atoms with Crippen LogP contribution in [0.4, 0.5) is 10.5 Å². The van der Waals surface area contributed by atoms with Gasteiger partial charge in [0.15, 0.2) is 0 Å². The zero-order chi connectivity index (χ0) is 14.5. The predicted octanol–water partition coefficient (Wildman–Crippen LogP) is 3.61. The van der Waals surface area contributed by atoms with Gasteiger partial charge in [0.05, 0.1) is 11.1 Å². The van der Waals surface area contributed by atoms with Crippen LogP contribution in [-0.4, -0.2) is 18.0 Å². The number of anilines is 1. The van der Waals surface area contributed by atoms with Crippen molar-refractivity contribution in [3.63, 3.8) is 0 Å². The first-order valence-corrected chi connectivity index (χ1v) is 7.28. The molecule has 3 rings (SSSR count). The van der Waals surface area contributed by atoms with Crippen LogP contribution < -0.4 is 10.2 Å². The van der Waals surface area contributed by atoms with E-state index in [0.717, 1.165) is 24.2 Å². The van der Waals surface area contributed by atoms with Gasteiger partial charge < -0.3 is 5.32 Å².